The van der Waals surface area contributed by atoms with Gasteiger partial charge in [0, 0.05) is 53.0 Å². The van der Waals surface area contributed by atoms with Gasteiger partial charge in [-0.05, 0) is 67.3 Å². The van der Waals surface area contributed by atoms with E-state index in [9.17, 15) is 5.11 Å². The molecule has 0 radical (unpaired) electrons. The minimum atomic E-state index is -0.383. The van der Waals surface area contributed by atoms with Crippen molar-refractivity contribution in [2.75, 3.05) is 65.1 Å². The van der Waals surface area contributed by atoms with Crippen molar-refractivity contribution in [2.45, 2.75) is 69.5 Å². The van der Waals surface area contributed by atoms with Gasteiger partial charge in [-0.15, -0.1) is 0 Å². The zero-order valence-electron chi connectivity index (χ0n) is 24.9. The Kier molecular flexibility index (Phi) is 10.9. The molecule has 226 valence electrons. The van der Waals surface area contributed by atoms with E-state index in [2.05, 4.69) is 52.7 Å². The molecule has 41 heavy (non-hydrogen) atoms. The zero-order valence-corrected chi connectivity index (χ0v) is 24.9. The molecular weight excluding hydrogens is 520 g/mol. The van der Waals surface area contributed by atoms with Gasteiger partial charge < -0.3 is 39.0 Å². The maximum Gasteiger partial charge on any atom is 0.142 e. The third-order valence-corrected chi connectivity index (χ3v) is 8.54. The molecule has 2 fully saturated rings. The summed E-state index contributed by atoms with van der Waals surface area (Å²) in [4.78, 5) is 2.38. The molecule has 2 aromatic rings. The Labute approximate surface area is 245 Å². The van der Waals surface area contributed by atoms with Crippen LogP contribution in [-0.4, -0.2) is 83.6 Å². The molecule has 0 spiro atoms. The van der Waals surface area contributed by atoms with Crippen LogP contribution in [0.5, 0.6) is 5.75 Å². The first-order valence-electron chi connectivity index (χ1n) is 15.3. The topological polar surface area (TPSA) is 81.7 Å². The number of methoxy groups -OCH3 is 2. The number of hydrogen-bond acceptors (Lipinski definition) is 8. The van der Waals surface area contributed by atoms with Gasteiger partial charge >= 0.3 is 0 Å². The summed E-state index contributed by atoms with van der Waals surface area (Å²) in [6.07, 6.45) is 3.75. The fraction of sp³-hybridized carbons (Fsp3) is 0.636. The van der Waals surface area contributed by atoms with Gasteiger partial charge in [-0.3, -0.25) is 0 Å². The summed E-state index contributed by atoms with van der Waals surface area (Å²) in [6.45, 7) is 7.60. The maximum atomic E-state index is 9.80. The maximum absolute atomic E-state index is 9.80. The third kappa shape index (κ3) is 8.00. The average Bonchev–Trinajstić information content (AvgIpc) is 3.82. The molecule has 3 aliphatic rings. The highest BCUT2D eigenvalue weighted by molar-refractivity contribution is 5.61. The number of aliphatic hydroxyl groups is 1. The van der Waals surface area contributed by atoms with E-state index in [0.717, 1.165) is 56.2 Å². The highest BCUT2D eigenvalue weighted by Crippen LogP contribution is 2.43. The first kappa shape index (κ1) is 30.3. The normalized spacial score (nSPS) is 24.0. The van der Waals surface area contributed by atoms with E-state index in [0.29, 0.717) is 32.2 Å². The standard InChI is InChI=1S/C33H48N2O6/c1-23(36)13-17-39-30-20-34-21-31(32(30)25-6-8-26(9-7-25)33(38-3)27-10-11-27)41-22-24-5-12-29-28(19-24)35(15-18-40-29)14-4-16-37-2/h5-9,12,19,23,27,30-34,36H,4,10-11,13-18,20-22H2,1-3H3/t23?,30-,31+,32+,33+/m1/s1. The second-order valence-corrected chi connectivity index (χ2v) is 11.7. The first-order chi connectivity index (χ1) is 20.1. The molecule has 0 aromatic heterocycles. The smallest absolute Gasteiger partial charge is 0.142 e. The van der Waals surface area contributed by atoms with Gasteiger partial charge in [-0.25, -0.2) is 0 Å². The molecule has 0 bridgehead atoms. The predicted molar refractivity (Wildman–Crippen MR) is 160 cm³/mol. The van der Waals surface area contributed by atoms with E-state index in [1.54, 1.807) is 14.0 Å². The summed E-state index contributed by atoms with van der Waals surface area (Å²) < 4.78 is 30.1. The molecule has 2 aliphatic heterocycles. The SMILES string of the molecule is COCCCN1CCOc2ccc(CO[C@H]3CNC[C@@H](OCCC(C)O)[C@@H]3c3ccc([C@H](OC)C4CC4)cc3)cc21. The second-order valence-electron chi connectivity index (χ2n) is 11.7. The van der Waals surface area contributed by atoms with Crippen molar-refractivity contribution in [2.24, 2.45) is 5.92 Å². The number of rotatable bonds is 15. The Bertz CT molecular complexity index is 1080. The lowest BCUT2D eigenvalue weighted by Gasteiger charge is -2.39. The molecule has 2 heterocycles. The highest BCUT2D eigenvalue weighted by atomic mass is 16.5. The molecule has 0 amide bonds. The molecule has 1 aliphatic carbocycles. The summed E-state index contributed by atoms with van der Waals surface area (Å²) in [5.74, 6) is 1.64. The van der Waals surface area contributed by atoms with E-state index in [1.807, 2.05) is 7.11 Å². The third-order valence-electron chi connectivity index (χ3n) is 8.54. The van der Waals surface area contributed by atoms with Crippen LogP contribution in [0.4, 0.5) is 5.69 Å². The number of ether oxygens (including phenoxy) is 5. The average molecular weight is 569 g/mol. The number of nitrogens with one attached hydrogen (secondary N) is 1. The van der Waals surface area contributed by atoms with Gasteiger partial charge in [-0.2, -0.15) is 0 Å². The number of nitrogens with zero attached hydrogens (tertiary/aromatic N) is 1. The van der Waals surface area contributed by atoms with Crippen molar-refractivity contribution < 1.29 is 28.8 Å². The van der Waals surface area contributed by atoms with Crippen LogP contribution >= 0.6 is 0 Å². The van der Waals surface area contributed by atoms with Gasteiger partial charge in [0.2, 0.25) is 0 Å². The van der Waals surface area contributed by atoms with Crippen LogP contribution < -0.4 is 15.0 Å². The second kappa shape index (κ2) is 14.8. The minimum Gasteiger partial charge on any atom is -0.490 e. The van der Waals surface area contributed by atoms with Gasteiger partial charge in [0.15, 0.2) is 0 Å². The number of anilines is 1. The van der Waals surface area contributed by atoms with Crippen LogP contribution in [0.2, 0.25) is 0 Å². The van der Waals surface area contributed by atoms with Crippen molar-refractivity contribution >= 4 is 5.69 Å². The van der Waals surface area contributed by atoms with Crippen molar-refractivity contribution in [1.29, 1.82) is 0 Å². The number of fused-ring (bicyclic) bond motifs is 1. The Morgan fingerprint density at radius 1 is 1.02 bits per heavy atom. The summed E-state index contributed by atoms with van der Waals surface area (Å²) in [5, 5.41) is 13.3. The van der Waals surface area contributed by atoms with E-state index >= 15 is 0 Å². The zero-order chi connectivity index (χ0) is 28.6. The lowest BCUT2D eigenvalue weighted by molar-refractivity contribution is -0.0639. The van der Waals surface area contributed by atoms with Gasteiger partial charge in [0.05, 0.1) is 43.3 Å². The quantitative estimate of drug-likeness (QED) is 0.305. The predicted octanol–water partition coefficient (Wildman–Crippen LogP) is 4.45. The van der Waals surface area contributed by atoms with Crippen molar-refractivity contribution in [1.82, 2.24) is 5.32 Å². The Morgan fingerprint density at radius 2 is 1.80 bits per heavy atom. The summed E-state index contributed by atoms with van der Waals surface area (Å²) in [5.41, 5.74) is 4.72. The van der Waals surface area contributed by atoms with E-state index < -0.39 is 0 Å². The highest BCUT2D eigenvalue weighted by Gasteiger charge is 2.37. The molecule has 8 heteroatoms. The van der Waals surface area contributed by atoms with Crippen LogP contribution in [-0.2, 0) is 25.6 Å². The Balaban J connectivity index is 1.30. The van der Waals surface area contributed by atoms with Crippen molar-refractivity contribution in [3.63, 3.8) is 0 Å². The minimum absolute atomic E-state index is 0.0480. The van der Waals surface area contributed by atoms with E-state index in [4.69, 9.17) is 23.7 Å². The van der Waals surface area contributed by atoms with Gasteiger partial charge in [-0.1, -0.05) is 30.3 Å². The summed E-state index contributed by atoms with van der Waals surface area (Å²) >= 11 is 0. The van der Waals surface area contributed by atoms with Gasteiger partial charge in [0.1, 0.15) is 12.4 Å². The lowest BCUT2D eigenvalue weighted by atomic mass is 9.84. The van der Waals surface area contributed by atoms with Crippen molar-refractivity contribution in [3.05, 3.63) is 59.2 Å². The first-order valence-corrected chi connectivity index (χ1v) is 15.3. The fourth-order valence-corrected chi connectivity index (χ4v) is 6.16. The molecule has 2 N–H and O–H groups in total. The van der Waals surface area contributed by atoms with Crippen molar-refractivity contribution in [3.8, 4) is 5.75 Å². The van der Waals surface area contributed by atoms with Crippen LogP contribution in [0.1, 0.15) is 61.3 Å². The summed E-state index contributed by atoms with van der Waals surface area (Å²) in [7, 11) is 3.56. The number of hydrogen-bond donors (Lipinski definition) is 2. The number of piperidine rings is 1. The molecule has 5 rings (SSSR count). The van der Waals surface area contributed by atoms with E-state index in [1.165, 1.54) is 24.0 Å². The molecular formula is C33H48N2O6. The van der Waals surface area contributed by atoms with Crippen LogP contribution in [0.15, 0.2) is 42.5 Å². The summed E-state index contributed by atoms with van der Waals surface area (Å²) in [6, 6.07) is 15.3. The monoisotopic (exact) mass is 568 g/mol. The largest absolute Gasteiger partial charge is 0.490 e. The Hall–Kier alpha value is -2.20. The number of benzene rings is 2. The molecule has 5 atom stereocenters. The fourth-order valence-electron chi connectivity index (χ4n) is 6.16. The van der Waals surface area contributed by atoms with Crippen LogP contribution in [0.3, 0.4) is 0 Å². The molecule has 2 aromatic carbocycles. The lowest BCUT2D eigenvalue weighted by Crippen LogP contribution is -2.50. The van der Waals surface area contributed by atoms with Crippen LogP contribution in [0.25, 0.3) is 0 Å². The molecule has 1 saturated carbocycles. The van der Waals surface area contributed by atoms with Crippen LogP contribution in [0, 0.1) is 5.92 Å². The molecule has 1 saturated heterocycles. The Morgan fingerprint density at radius 3 is 2.51 bits per heavy atom. The van der Waals surface area contributed by atoms with E-state index in [-0.39, 0.29) is 30.3 Å². The van der Waals surface area contributed by atoms with Gasteiger partial charge in [0.25, 0.3) is 0 Å². The number of aliphatic hydroxyl groups excluding tert-OH is 1. The molecule has 1 unspecified atom stereocenters. The molecule has 8 nitrogen and oxygen atoms in total.